The van der Waals surface area contributed by atoms with Gasteiger partial charge in [0.2, 0.25) is 0 Å². The molecule has 2 fully saturated rings. The fraction of sp³-hybridized carbons (Fsp3) is 0.389. The van der Waals surface area contributed by atoms with Crippen LogP contribution in [0.15, 0.2) is 36.4 Å². The van der Waals surface area contributed by atoms with Crippen LogP contribution in [0.25, 0.3) is 11.3 Å². The van der Waals surface area contributed by atoms with E-state index < -0.39 is 0 Å². The van der Waals surface area contributed by atoms with Gasteiger partial charge in [-0.25, -0.2) is 0 Å². The molecule has 2 saturated heterocycles. The van der Waals surface area contributed by atoms with Crippen molar-refractivity contribution < 1.29 is 4.79 Å². The zero-order valence-electron chi connectivity index (χ0n) is 13.2. The second kappa shape index (κ2) is 5.74. The van der Waals surface area contributed by atoms with Crippen molar-refractivity contribution in [2.45, 2.75) is 19.4 Å². The van der Waals surface area contributed by atoms with Gasteiger partial charge in [0.25, 0.3) is 5.91 Å². The molecule has 23 heavy (non-hydrogen) atoms. The zero-order chi connectivity index (χ0) is 15.8. The number of nitrogens with zero attached hydrogens (tertiary/aromatic N) is 3. The van der Waals surface area contributed by atoms with E-state index in [1.807, 2.05) is 48.2 Å². The Kier molecular flexibility index (Phi) is 3.58. The SMILES string of the molecule is Cc1ccc(-c2ccc(C(=O)N3CC[C@H]4CNC[C@H]43)cc2)nn1. The van der Waals surface area contributed by atoms with Crippen LogP contribution in [-0.2, 0) is 0 Å². The average Bonchev–Trinajstić information content (AvgIpc) is 3.18. The molecule has 0 unspecified atom stereocenters. The van der Waals surface area contributed by atoms with Crippen LogP contribution in [0, 0.1) is 12.8 Å². The van der Waals surface area contributed by atoms with Crippen molar-refractivity contribution in [2.75, 3.05) is 19.6 Å². The number of hydrogen-bond acceptors (Lipinski definition) is 4. The molecule has 2 aliphatic rings. The molecule has 1 amide bonds. The molecule has 3 heterocycles. The number of benzene rings is 1. The monoisotopic (exact) mass is 308 g/mol. The zero-order valence-corrected chi connectivity index (χ0v) is 13.2. The first-order valence-electron chi connectivity index (χ1n) is 8.15. The first-order chi connectivity index (χ1) is 11.2. The van der Waals surface area contributed by atoms with Crippen LogP contribution in [0.1, 0.15) is 22.5 Å². The van der Waals surface area contributed by atoms with Gasteiger partial charge in [-0.1, -0.05) is 12.1 Å². The summed E-state index contributed by atoms with van der Waals surface area (Å²) in [7, 11) is 0. The molecule has 0 radical (unpaired) electrons. The van der Waals surface area contributed by atoms with Gasteiger partial charge in [-0.05, 0) is 43.5 Å². The summed E-state index contributed by atoms with van der Waals surface area (Å²) in [6.45, 7) is 4.76. The number of amides is 1. The highest BCUT2D eigenvalue weighted by atomic mass is 16.2. The summed E-state index contributed by atoms with van der Waals surface area (Å²) < 4.78 is 0. The van der Waals surface area contributed by atoms with Gasteiger partial charge in [0.1, 0.15) is 0 Å². The van der Waals surface area contributed by atoms with Crippen LogP contribution in [0.5, 0.6) is 0 Å². The Bertz CT molecular complexity index is 711. The van der Waals surface area contributed by atoms with Gasteiger partial charge in [0.15, 0.2) is 0 Å². The molecule has 2 aromatic rings. The lowest BCUT2D eigenvalue weighted by molar-refractivity contribution is 0.0737. The number of fused-ring (bicyclic) bond motifs is 1. The Labute approximate surface area is 135 Å². The lowest BCUT2D eigenvalue weighted by atomic mass is 10.0. The van der Waals surface area contributed by atoms with Crippen LogP contribution < -0.4 is 5.32 Å². The van der Waals surface area contributed by atoms with E-state index in [9.17, 15) is 4.79 Å². The number of aromatic nitrogens is 2. The van der Waals surface area contributed by atoms with Crippen molar-refractivity contribution in [2.24, 2.45) is 5.92 Å². The van der Waals surface area contributed by atoms with Crippen LogP contribution in [-0.4, -0.2) is 46.7 Å². The lowest BCUT2D eigenvalue weighted by Crippen LogP contribution is -2.39. The van der Waals surface area contributed by atoms with Crippen molar-refractivity contribution in [1.29, 1.82) is 0 Å². The third kappa shape index (κ3) is 2.61. The second-order valence-electron chi connectivity index (χ2n) is 6.41. The van der Waals surface area contributed by atoms with Crippen molar-refractivity contribution in [3.8, 4) is 11.3 Å². The number of nitrogens with one attached hydrogen (secondary N) is 1. The van der Waals surface area contributed by atoms with Gasteiger partial charge < -0.3 is 10.2 Å². The molecular weight excluding hydrogens is 288 g/mol. The number of carbonyl (C=O) groups is 1. The third-order valence-corrected chi connectivity index (χ3v) is 4.93. The van der Waals surface area contributed by atoms with Crippen LogP contribution in [0.4, 0.5) is 0 Å². The minimum absolute atomic E-state index is 0.141. The first kappa shape index (κ1) is 14.3. The molecule has 4 rings (SSSR count). The molecule has 1 aromatic heterocycles. The molecule has 1 N–H and O–H groups in total. The number of carbonyl (C=O) groups excluding carboxylic acids is 1. The van der Waals surface area contributed by atoms with E-state index in [0.717, 1.165) is 48.6 Å². The van der Waals surface area contributed by atoms with E-state index in [4.69, 9.17) is 0 Å². The Morgan fingerprint density at radius 1 is 1.13 bits per heavy atom. The molecular formula is C18H20N4O. The molecule has 5 heteroatoms. The van der Waals surface area contributed by atoms with Gasteiger partial charge in [-0.3, -0.25) is 4.79 Å². The standard InChI is InChI=1S/C18H20N4O/c1-12-2-7-16(21-20-12)13-3-5-14(6-4-13)18(23)22-9-8-15-10-19-11-17(15)22/h2-7,15,17,19H,8-11H2,1H3/t15-,17+/m0/s1. The lowest BCUT2D eigenvalue weighted by Gasteiger charge is -2.23. The third-order valence-electron chi connectivity index (χ3n) is 4.93. The van der Waals surface area contributed by atoms with Crippen LogP contribution in [0.3, 0.4) is 0 Å². The smallest absolute Gasteiger partial charge is 0.254 e. The van der Waals surface area contributed by atoms with Crippen LogP contribution >= 0.6 is 0 Å². The van der Waals surface area contributed by atoms with Crippen molar-refractivity contribution >= 4 is 5.91 Å². The maximum absolute atomic E-state index is 12.8. The molecule has 0 aliphatic carbocycles. The maximum Gasteiger partial charge on any atom is 0.254 e. The largest absolute Gasteiger partial charge is 0.334 e. The molecule has 0 saturated carbocycles. The van der Waals surface area contributed by atoms with E-state index in [1.165, 1.54) is 0 Å². The van der Waals surface area contributed by atoms with Gasteiger partial charge in [-0.15, -0.1) is 0 Å². The van der Waals surface area contributed by atoms with Crippen LogP contribution in [0.2, 0.25) is 0 Å². The predicted molar refractivity (Wildman–Crippen MR) is 88.0 cm³/mol. The first-order valence-corrected chi connectivity index (χ1v) is 8.15. The number of hydrogen-bond donors (Lipinski definition) is 1. The molecule has 118 valence electrons. The van der Waals surface area contributed by atoms with Gasteiger partial charge in [0.05, 0.1) is 11.4 Å². The number of likely N-dealkylation sites (tertiary alicyclic amines) is 1. The molecule has 0 bridgehead atoms. The minimum Gasteiger partial charge on any atom is -0.334 e. The number of aryl methyl sites for hydroxylation is 1. The highest BCUT2D eigenvalue weighted by Gasteiger charge is 2.39. The molecule has 0 spiro atoms. The average molecular weight is 308 g/mol. The fourth-order valence-electron chi connectivity index (χ4n) is 3.60. The van der Waals surface area contributed by atoms with Gasteiger partial charge in [0, 0.05) is 36.8 Å². The summed E-state index contributed by atoms with van der Waals surface area (Å²) in [6.07, 6.45) is 1.11. The Hall–Kier alpha value is -2.27. The molecule has 1 aromatic carbocycles. The normalized spacial score (nSPS) is 23.1. The minimum atomic E-state index is 0.141. The highest BCUT2D eigenvalue weighted by molar-refractivity contribution is 5.95. The quantitative estimate of drug-likeness (QED) is 0.920. The van der Waals surface area contributed by atoms with E-state index in [1.54, 1.807) is 0 Å². The summed E-state index contributed by atoms with van der Waals surface area (Å²) in [5, 5.41) is 11.7. The summed E-state index contributed by atoms with van der Waals surface area (Å²) in [5.74, 6) is 0.767. The molecule has 2 atom stereocenters. The van der Waals surface area contributed by atoms with E-state index >= 15 is 0 Å². The topological polar surface area (TPSA) is 58.1 Å². The molecule has 5 nitrogen and oxygen atoms in total. The van der Waals surface area contributed by atoms with E-state index in [-0.39, 0.29) is 5.91 Å². The summed E-state index contributed by atoms with van der Waals surface area (Å²) in [4.78, 5) is 14.8. The van der Waals surface area contributed by atoms with E-state index in [2.05, 4.69) is 15.5 Å². The summed E-state index contributed by atoms with van der Waals surface area (Å²) in [5.41, 5.74) is 3.46. The Morgan fingerprint density at radius 2 is 1.96 bits per heavy atom. The summed E-state index contributed by atoms with van der Waals surface area (Å²) >= 11 is 0. The van der Waals surface area contributed by atoms with E-state index in [0.29, 0.717) is 12.0 Å². The van der Waals surface area contributed by atoms with Crippen molar-refractivity contribution in [3.05, 3.63) is 47.7 Å². The summed E-state index contributed by atoms with van der Waals surface area (Å²) in [6, 6.07) is 12.0. The van der Waals surface area contributed by atoms with Gasteiger partial charge >= 0.3 is 0 Å². The Morgan fingerprint density at radius 3 is 2.70 bits per heavy atom. The van der Waals surface area contributed by atoms with Gasteiger partial charge in [-0.2, -0.15) is 10.2 Å². The molecule has 2 aliphatic heterocycles. The fourth-order valence-corrected chi connectivity index (χ4v) is 3.60. The maximum atomic E-state index is 12.8. The number of rotatable bonds is 2. The Balaban J connectivity index is 1.53. The second-order valence-corrected chi connectivity index (χ2v) is 6.41. The van der Waals surface area contributed by atoms with Crippen molar-refractivity contribution in [1.82, 2.24) is 20.4 Å². The predicted octanol–water partition coefficient (Wildman–Crippen LogP) is 1.89. The van der Waals surface area contributed by atoms with Crippen molar-refractivity contribution in [3.63, 3.8) is 0 Å². The highest BCUT2D eigenvalue weighted by Crippen LogP contribution is 2.28.